The maximum Gasteiger partial charge on any atom is 0.312 e. The summed E-state index contributed by atoms with van der Waals surface area (Å²) in [5, 5.41) is 0. The van der Waals surface area contributed by atoms with Crippen LogP contribution in [0.2, 0.25) is 0 Å². The molecule has 1 atom stereocenters. The average molecular weight is 212 g/mol. The number of allylic oxidation sites excluding steroid dienone is 1. The zero-order chi connectivity index (χ0) is 11.5. The molecule has 2 rings (SSSR count). The van der Waals surface area contributed by atoms with E-state index in [9.17, 15) is 4.79 Å². The van der Waals surface area contributed by atoms with Crippen molar-refractivity contribution in [2.75, 3.05) is 6.61 Å². The molecule has 1 heterocycles. The summed E-state index contributed by atoms with van der Waals surface area (Å²) in [7, 11) is 0. The van der Waals surface area contributed by atoms with Gasteiger partial charge in [0.25, 0.3) is 0 Å². The Labute approximate surface area is 93.7 Å². The molecular weight excluding hydrogens is 188 g/mol. The van der Waals surface area contributed by atoms with E-state index in [-0.39, 0.29) is 11.9 Å². The van der Waals surface area contributed by atoms with Gasteiger partial charge in [0.05, 0.1) is 5.92 Å². The van der Waals surface area contributed by atoms with E-state index in [4.69, 9.17) is 0 Å². The first-order valence-electron chi connectivity index (χ1n) is 5.96. The molecule has 0 spiro atoms. The minimum Gasteiger partial charge on any atom is -0.464 e. The van der Waals surface area contributed by atoms with E-state index in [1.165, 1.54) is 38.5 Å². The number of hydrogen-bond acceptors (Lipinski definition) is 2. The Balaban J connectivity index is 0.000000210. The van der Waals surface area contributed by atoms with Gasteiger partial charge in [-0.3, -0.25) is 4.79 Å². The van der Waals surface area contributed by atoms with Crippen LogP contribution >= 0.6 is 0 Å². The summed E-state index contributed by atoms with van der Waals surface area (Å²) in [4.78, 5) is 10.0. The fourth-order valence-corrected chi connectivity index (χ4v) is 1.38. The Hall–Kier alpha value is -0.790. The number of esters is 1. The van der Waals surface area contributed by atoms with E-state index in [0.717, 1.165) is 0 Å². The second kappa shape index (κ2) is 9.75. The Morgan fingerprint density at radius 1 is 1.20 bits per heavy atom. The largest absolute Gasteiger partial charge is 0.464 e. The molecule has 1 unspecified atom stereocenters. The van der Waals surface area contributed by atoms with Crippen molar-refractivity contribution >= 4 is 5.97 Å². The lowest BCUT2D eigenvalue weighted by atomic mass is 10.0. The van der Waals surface area contributed by atoms with Crippen LogP contribution in [0.25, 0.3) is 0 Å². The highest BCUT2D eigenvalue weighted by Crippen LogP contribution is 2.15. The Bertz CT molecular complexity index is 160. The number of carbonyl (C=O) groups is 1. The minimum absolute atomic E-state index is 0.0602. The molecule has 0 aromatic heterocycles. The molecule has 0 radical (unpaired) electrons. The van der Waals surface area contributed by atoms with E-state index < -0.39 is 0 Å². The summed E-state index contributed by atoms with van der Waals surface area (Å²) in [6, 6.07) is 0. The molecule has 1 aliphatic heterocycles. The van der Waals surface area contributed by atoms with Gasteiger partial charge in [0.15, 0.2) is 0 Å². The summed E-state index contributed by atoms with van der Waals surface area (Å²) in [6.45, 7) is 7.73. The molecule has 0 amide bonds. The monoisotopic (exact) mass is 212 g/mol. The number of hydrogen-bond donors (Lipinski definition) is 0. The summed E-state index contributed by atoms with van der Waals surface area (Å²) in [5.41, 5.74) is 0. The van der Waals surface area contributed by atoms with Crippen LogP contribution in [-0.4, -0.2) is 12.6 Å². The van der Waals surface area contributed by atoms with Gasteiger partial charge in [-0.1, -0.05) is 44.6 Å². The maximum absolute atomic E-state index is 10.0. The first-order chi connectivity index (χ1) is 7.22. The average Bonchev–Trinajstić information content (AvgIpc) is 2.31. The van der Waals surface area contributed by atoms with Crippen LogP contribution in [0.3, 0.4) is 0 Å². The molecule has 0 N–H and O–H groups in total. The third-order valence-corrected chi connectivity index (χ3v) is 2.38. The first kappa shape index (κ1) is 14.2. The van der Waals surface area contributed by atoms with Crippen LogP contribution < -0.4 is 0 Å². The lowest BCUT2D eigenvalue weighted by molar-refractivity contribution is -0.166. The molecular formula is C13H24O2. The van der Waals surface area contributed by atoms with Crippen LogP contribution in [0.15, 0.2) is 12.7 Å². The number of cyclic esters (lactones) is 1. The number of ether oxygens (including phenoxy) is 1. The van der Waals surface area contributed by atoms with Crippen LogP contribution in [0.4, 0.5) is 0 Å². The smallest absolute Gasteiger partial charge is 0.312 e. The van der Waals surface area contributed by atoms with E-state index in [1.807, 2.05) is 13.8 Å². The lowest BCUT2D eigenvalue weighted by Crippen LogP contribution is -2.31. The van der Waals surface area contributed by atoms with Crippen molar-refractivity contribution in [3.63, 3.8) is 0 Å². The van der Waals surface area contributed by atoms with Gasteiger partial charge >= 0.3 is 5.97 Å². The molecule has 0 aromatic rings. The van der Waals surface area contributed by atoms with Crippen molar-refractivity contribution < 1.29 is 9.53 Å². The second-order valence-electron chi connectivity index (χ2n) is 4.06. The van der Waals surface area contributed by atoms with Gasteiger partial charge in [-0.05, 0) is 13.8 Å². The van der Waals surface area contributed by atoms with Crippen molar-refractivity contribution in [2.24, 2.45) is 5.92 Å². The highest BCUT2D eigenvalue weighted by molar-refractivity contribution is 5.76. The van der Waals surface area contributed by atoms with Crippen molar-refractivity contribution in [2.45, 2.75) is 52.4 Å². The standard InChI is InChI=1S/C6H12.C4H6O2.C3H6/c1-2-4-6-5-3-1;1-3-2-6-4(3)5;1-3-2/h1-6H2;3H,2H2,1H3;3H,1H2,2H3. The van der Waals surface area contributed by atoms with Crippen molar-refractivity contribution in [3.8, 4) is 0 Å². The highest BCUT2D eigenvalue weighted by atomic mass is 16.6. The Kier molecular flexibility index (Phi) is 9.24. The molecule has 1 saturated heterocycles. The molecule has 1 aliphatic carbocycles. The van der Waals surface area contributed by atoms with E-state index >= 15 is 0 Å². The zero-order valence-corrected chi connectivity index (χ0v) is 10.1. The minimum atomic E-state index is -0.0602. The predicted molar refractivity (Wildman–Crippen MR) is 63.7 cm³/mol. The quantitative estimate of drug-likeness (QED) is 0.452. The van der Waals surface area contributed by atoms with Crippen LogP contribution in [0.5, 0.6) is 0 Å². The van der Waals surface area contributed by atoms with Gasteiger partial charge < -0.3 is 4.74 Å². The highest BCUT2D eigenvalue weighted by Gasteiger charge is 2.24. The van der Waals surface area contributed by atoms with Gasteiger partial charge in [0.2, 0.25) is 0 Å². The lowest BCUT2D eigenvalue weighted by Gasteiger charge is -2.19. The van der Waals surface area contributed by atoms with Gasteiger partial charge in [0.1, 0.15) is 6.61 Å². The van der Waals surface area contributed by atoms with E-state index in [0.29, 0.717) is 6.61 Å². The van der Waals surface area contributed by atoms with Crippen molar-refractivity contribution in [1.82, 2.24) is 0 Å². The van der Waals surface area contributed by atoms with Gasteiger partial charge in [-0.25, -0.2) is 0 Å². The second-order valence-corrected chi connectivity index (χ2v) is 4.06. The van der Waals surface area contributed by atoms with Gasteiger partial charge in [0, 0.05) is 0 Å². The topological polar surface area (TPSA) is 26.3 Å². The molecule has 15 heavy (non-hydrogen) atoms. The Morgan fingerprint density at radius 2 is 1.47 bits per heavy atom. The maximum atomic E-state index is 10.0. The molecule has 2 nitrogen and oxygen atoms in total. The van der Waals surface area contributed by atoms with Gasteiger partial charge in [-0.15, -0.1) is 6.58 Å². The molecule has 2 heteroatoms. The summed E-state index contributed by atoms with van der Waals surface area (Å²) >= 11 is 0. The summed E-state index contributed by atoms with van der Waals surface area (Å²) < 4.78 is 4.40. The van der Waals surface area contributed by atoms with Crippen LogP contribution in [0, 0.1) is 5.92 Å². The van der Waals surface area contributed by atoms with E-state index in [1.54, 1.807) is 6.08 Å². The molecule has 0 bridgehead atoms. The van der Waals surface area contributed by atoms with Gasteiger partial charge in [-0.2, -0.15) is 0 Å². The summed E-state index contributed by atoms with van der Waals surface area (Å²) in [6.07, 6.45) is 10.8. The third kappa shape index (κ3) is 8.22. The first-order valence-corrected chi connectivity index (χ1v) is 5.96. The number of rotatable bonds is 0. The normalized spacial score (nSPS) is 23.1. The van der Waals surface area contributed by atoms with E-state index in [2.05, 4.69) is 11.3 Å². The molecule has 1 saturated carbocycles. The number of carbonyl (C=O) groups excluding carboxylic acids is 1. The Morgan fingerprint density at radius 3 is 1.53 bits per heavy atom. The van der Waals surface area contributed by atoms with Crippen molar-refractivity contribution in [1.29, 1.82) is 0 Å². The fraction of sp³-hybridized carbons (Fsp3) is 0.769. The zero-order valence-electron chi connectivity index (χ0n) is 10.1. The molecule has 0 aromatic carbocycles. The van der Waals surface area contributed by atoms with Crippen molar-refractivity contribution in [3.05, 3.63) is 12.7 Å². The molecule has 2 aliphatic rings. The third-order valence-electron chi connectivity index (χ3n) is 2.38. The molecule has 2 fully saturated rings. The SMILES string of the molecule is C1CCCCC1.C=CC.CC1COC1=O. The fourth-order valence-electron chi connectivity index (χ4n) is 1.38. The van der Waals surface area contributed by atoms with Crippen LogP contribution in [-0.2, 0) is 9.53 Å². The summed E-state index contributed by atoms with van der Waals surface area (Å²) in [5.74, 6) is 0.111. The molecule has 88 valence electrons. The predicted octanol–water partition coefficient (Wildman–Crippen LogP) is 3.71. The van der Waals surface area contributed by atoms with Crippen LogP contribution in [0.1, 0.15) is 52.4 Å².